The van der Waals surface area contributed by atoms with E-state index in [9.17, 15) is 14.4 Å². The summed E-state index contributed by atoms with van der Waals surface area (Å²) in [5, 5.41) is 3.30. The van der Waals surface area contributed by atoms with E-state index in [1.54, 1.807) is 4.90 Å². The third-order valence-corrected chi connectivity index (χ3v) is 10.4. The third kappa shape index (κ3) is 6.15. The Kier molecular flexibility index (Phi) is 8.61. The van der Waals surface area contributed by atoms with Gasteiger partial charge in [-0.1, -0.05) is 27.5 Å². The Hall–Kier alpha value is -2.17. The molecule has 1 aromatic heterocycles. The zero-order valence-electron chi connectivity index (χ0n) is 22.7. The van der Waals surface area contributed by atoms with E-state index >= 15 is 0 Å². The normalized spacial score (nSPS) is 23.3. The maximum Gasteiger partial charge on any atom is 0.407 e. The summed E-state index contributed by atoms with van der Waals surface area (Å²) >= 11 is 13.9. The van der Waals surface area contributed by atoms with E-state index in [1.165, 1.54) is 16.7 Å². The number of fused-ring (bicyclic) bond motifs is 2. The van der Waals surface area contributed by atoms with Gasteiger partial charge in [0.05, 0.1) is 5.69 Å². The predicted octanol–water partition coefficient (Wildman–Crippen LogP) is 5.47. The number of halogens is 3. The van der Waals surface area contributed by atoms with Crippen LogP contribution in [0.3, 0.4) is 0 Å². The van der Waals surface area contributed by atoms with Gasteiger partial charge in [0, 0.05) is 58.7 Å². The van der Waals surface area contributed by atoms with Crippen molar-refractivity contribution in [2.24, 2.45) is 11.8 Å². The second-order valence-electron chi connectivity index (χ2n) is 11.6. The first-order chi connectivity index (χ1) is 19.8. The number of carbonyl (C=O) groups is 3. The molecule has 1 aliphatic carbocycles. The monoisotopic (exact) mass is 706 g/mol. The molecule has 4 aliphatic rings. The van der Waals surface area contributed by atoms with E-state index < -0.39 is 12.1 Å². The van der Waals surface area contributed by atoms with Crippen molar-refractivity contribution in [3.8, 4) is 0 Å². The number of aryl methyl sites for hydroxylation is 2. The number of benzene rings is 1. The highest BCUT2D eigenvalue weighted by atomic mass is 79.9. The van der Waals surface area contributed by atoms with Crippen LogP contribution in [0, 0.1) is 11.8 Å². The fourth-order valence-corrected chi connectivity index (χ4v) is 8.48. The third-order valence-electron chi connectivity index (χ3n) is 9.14. The molecule has 3 saturated heterocycles. The first-order valence-electron chi connectivity index (χ1n) is 14.4. The lowest BCUT2D eigenvalue weighted by Gasteiger charge is -2.38. The molecule has 0 bridgehead atoms. The van der Waals surface area contributed by atoms with Crippen LogP contribution >= 0.6 is 43.5 Å². The van der Waals surface area contributed by atoms with Crippen LogP contribution in [0.2, 0.25) is 5.02 Å². The van der Waals surface area contributed by atoms with Crippen molar-refractivity contribution in [3.05, 3.63) is 60.7 Å². The number of rotatable bonds is 4. The van der Waals surface area contributed by atoms with Gasteiger partial charge in [-0.05, 0) is 101 Å². The number of nitrogens with one attached hydrogen (secondary N) is 1. The lowest BCUT2D eigenvalue weighted by atomic mass is 9.76. The highest BCUT2D eigenvalue weighted by Gasteiger charge is 2.38. The summed E-state index contributed by atoms with van der Waals surface area (Å²) in [6.45, 7) is 2.78. The summed E-state index contributed by atoms with van der Waals surface area (Å²) in [6.07, 6.45) is 7.14. The van der Waals surface area contributed by atoms with Crippen molar-refractivity contribution < 1.29 is 19.1 Å². The summed E-state index contributed by atoms with van der Waals surface area (Å²) < 4.78 is 6.89. The summed E-state index contributed by atoms with van der Waals surface area (Å²) in [5.74, 6) is 0.899. The molecule has 3 aliphatic heterocycles. The number of alkyl carbamates (subject to hydrolysis) is 1. The van der Waals surface area contributed by atoms with Gasteiger partial charge in [0.25, 0.3) is 0 Å². The molecule has 6 rings (SSSR count). The van der Waals surface area contributed by atoms with Crippen LogP contribution in [0.15, 0.2) is 33.3 Å². The van der Waals surface area contributed by atoms with E-state index in [0.29, 0.717) is 25.4 Å². The molecule has 1 unspecified atom stereocenters. The minimum atomic E-state index is -0.594. The van der Waals surface area contributed by atoms with Crippen molar-refractivity contribution in [1.82, 2.24) is 20.1 Å². The van der Waals surface area contributed by atoms with Crippen LogP contribution in [-0.4, -0.2) is 71.5 Å². The van der Waals surface area contributed by atoms with Gasteiger partial charge in [0.1, 0.15) is 12.6 Å². The number of amides is 3. The molecule has 2 aromatic rings. The Labute approximate surface area is 261 Å². The first kappa shape index (κ1) is 28.9. The molecule has 1 aromatic carbocycles. The van der Waals surface area contributed by atoms with Crippen LogP contribution in [0.4, 0.5) is 4.79 Å². The number of nitrogens with zero attached hydrogens (tertiary/aromatic N) is 3. The standard InChI is InChI=1S/C30H33Br2ClN4O4/c31-21-12-20-2-1-19-13-22(33)14-23(32)26(19)27(28(20)34-15-21)18-5-9-36(10-6-18)25(38)11-17-3-7-37(8-4-17)29(39)24-16-41-30(40)35-24/h12-15,17-18,24,27H,1-11,16H2,(H,35,40)/t24?,27-/m1/s1. The zero-order chi connectivity index (χ0) is 28.7. The van der Waals surface area contributed by atoms with Crippen LogP contribution in [0.25, 0.3) is 0 Å². The van der Waals surface area contributed by atoms with Gasteiger partial charge in [-0.3, -0.25) is 14.6 Å². The predicted molar refractivity (Wildman–Crippen MR) is 162 cm³/mol. The SMILES string of the molecule is O=C1NC(C(=O)N2CCC(CC(=O)N3CCC([C@H]4c5ncc(Br)cc5CCc5cc(Cl)cc(Br)c54)CC3)CC2)CO1. The second kappa shape index (κ2) is 12.2. The Balaban J connectivity index is 1.08. The maximum atomic E-state index is 13.3. The molecule has 1 N–H and O–H groups in total. The van der Waals surface area contributed by atoms with Gasteiger partial charge in [0.15, 0.2) is 0 Å². The second-order valence-corrected chi connectivity index (χ2v) is 13.8. The number of carbonyl (C=O) groups excluding carboxylic acids is 3. The van der Waals surface area contributed by atoms with Gasteiger partial charge in [-0.2, -0.15) is 0 Å². The topological polar surface area (TPSA) is 91.8 Å². The molecule has 0 spiro atoms. The smallest absolute Gasteiger partial charge is 0.407 e. The molecule has 3 amide bonds. The molecule has 2 atom stereocenters. The minimum Gasteiger partial charge on any atom is -0.447 e. The van der Waals surface area contributed by atoms with E-state index in [4.69, 9.17) is 21.3 Å². The fourth-order valence-electron chi connectivity index (χ4n) is 6.98. The molecule has 4 heterocycles. The van der Waals surface area contributed by atoms with E-state index in [2.05, 4.69) is 49.3 Å². The molecule has 218 valence electrons. The molecule has 3 fully saturated rings. The van der Waals surface area contributed by atoms with Crippen molar-refractivity contribution in [2.45, 2.75) is 56.9 Å². The zero-order valence-corrected chi connectivity index (χ0v) is 26.6. The number of likely N-dealkylation sites (tertiary alicyclic amines) is 2. The highest BCUT2D eigenvalue weighted by Crippen LogP contribution is 2.46. The Bertz CT molecular complexity index is 1360. The van der Waals surface area contributed by atoms with Gasteiger partial charge in [-0.15, -0.1) is 0 Å². The number of hydrogen-bond donors (Lipinski definition) is 1. The van der Waals surface area contributed by atoms with E-state index in [0.717, 1.165) is 71.3 Å². The minimum absolute atomic E-state index is 0.0857. The molecule has 0 radical (unpaired) electrons. The highest BCUT2D eigenvalue weighted by molar-refractivity contribution is 9.10. The largest absolute Gasteiger partial charge is 0.447 e. The van der Waals surface area contributed by atoms with Gasteiger partial charge >= 0.3 is 6.09 Å². The summed E-state index contributed by atoms with van der Waals surface area (Å²) in [5.41, 5.74) is 4.98. The lowest BCUT2D eigenvalue weighted by molar-refractivity contribution is -0.135. The number of cyclic esters (lactones) is 1. The quantitative estimate of drug-likeness (QED) is 0.456. The maximum absolute atomic E-state index is 13.3. The van der Waals surface area contributed by atoms with Crippen LogP contribution < -0.4 is 5.32 Å². The van der Waals surface area contributed by atoms with Crippen molar-refractivity contribution in [3.63, 3.8) is 0 Å². The number of aromatic nitrogens is 1. The van der Waals surface area contributed by atoms with Crippen molar-refractivity contribution in [2.75, 3.05) is 32.8 Å². The van der Waals surface area contributed by atoms with Crippen LogP contribution in [0.1, 0.15) is 60.4 Å². The number of hydrogen-bond acceptors (Lipinski definition) is 5. The Morgan fingerprint density at radius 1 is 1.00 bits per heavy atom. The summed E-state index contributed by atoms with van der Waals surface area (Å²) in [6, 6.07) is 5.70. The molecule has 11 heteroatoms. The van der Waals surface area contributed by atoms with Crippen LogP contribution in [0.5, 0.6) is 0 Å². The molecule has 8 nitrogen and oxygen atoms in total. The Morgan fingerprint density at radius 2 is 1.71 bits per heavy atom. The summed E-state index contributed by atoms with van der Waals surface area (Å²) in [4.78, 5) is 46.0. The molecular formula is C30H33Br2ClN4O4. The first-order valence-corrected chi connectivity index (χ1v) is 16.3. The van der Waals surface area contributed by atoms with E-state index in [1.807, 2.05) is 17.2 Å². The van der Waals surface area contributed by atoms with E-state index in [-0.39, 0.29) is 30.3 Å². The number of pyridine rings is 1. The van der Waals surface area contributed by atoms with Gasteiger partial charge in [0.2, 0.25) is 11.8 Å². The Morgan fingerprint density at radius 3 is 2.41 bits per heavy atom. The molecular weight excluding hydrogens is 676 g/mol. The molecule has 0 saturated carbocycles. The van der Waals surface area contributed by atoms with Crippen molar-refractivity contribution in [1.29, 1.82) is 0 Å². The van der Waals surface area contributed by atoms with Crippen molar-refractivity contribution >= 4 is 61.4 Å². The summed E-state index contributed by atoms with van der Waals surface area (Å²) in [7, 11) is 0. The number of piperidine rings is 2. The average Bonchev–Trinajstić information content (AvgIpc) is 3.33. The average molecular weight is 709 g/mol. The van der Waals surface area contributed by atoms with Gasteiger partial charge in [-0.25, -0.2) is 4.79 Å². The molecule has 41 heavy (non-hydrogen) atoms. The fraction of sp³-hybridized carbons (Fsp3) is 0.533. The van der Waals surface area contributed by atoms with Crippen LogP contribution in [-0.2, 0) is 27.2 Å². The lowest BCUT2D eigenvalue weighted by Crippen LogP contribution is -2.49. The van der Waals surface area contributed by atoms with Gasteiger partial charge < -0.3 is 19.9 Å². The number of ether oxygens (including phenoxy) is 1.